The molecule has 3 rings (SSSR count). The molecule has 27 heavy (non-hydrogen) atoms. The van der Waals surface area contributed by atoms with Crippen molar-refractivity contribution in [3.63, 3.8) is 0 Å². The quantitative estimate of drug-likeness (QED) is 0.615. The predicted octanol–water partition coefficient (Wildman–Crippen LogP) is 1.46. The van der Waals surface area contributed by atoms with E-state index in [1.165, 1.54) is 24.3 Å². The van der Waals surface area contributed by atoms with Gasteiger partial charge in [-0.15, -0.1) is 0 Å². The van der Waals surface area contributed by atoms with Crippen LogP contribution in [0.25, 0.3) is 0 Å². The lowest BCUT2D eigenvalue weighted by molar-refractivity contribution is -0.121. The number of anilines is 2. The zero-order chi connectivity index (χ0) is 19.6. The average molecular weight is 370 g/mol. The summed E-state index contributed by atoms with van der Waals surface area (Å²) < 4.78 is 13.0. The molecule has 0 bridgehead atoms. The number of nitrogens with zero attached hydrogens (tertiary/aromatic N) is 2. The summed E-state index contributed by atoms with van der Waals surface area (Å²) in [6.07, 6.45) is -0.101. The van der Waals surface area contributed by atoms with Crippen LogP contribution in [0.1, 0.15) is 16.8 Å². The molecule has 1 fully saturated rings. The number of imide groups is 1. The third-order valence-electron chi connectivity index (χ3n) is 4.24. The van der Waals surface area contributed by atoms with Crippen LogP contribution < -0.4 is 20.7 Å². The standard InChI is InChI=1S/C19H19FN4O3/c1-23(2)14-7-3-12(4-8-14)18(26)22-21-16-11-17(25)24(19(16)27)15-9-5-13(20)6-10-15/h3-10,16,21H,11H2,1-2H3,(H,22,26). The van der Waals surface area contributed by atoms with E-state index in [4.69, 9.17) is 0 Å². The highest BCUT2D eigenvalue weighted by Gasteiger charge is 2.39. The van der Waals surface area contributed by atoms with Crippen molar-refractivity contribution in [3.05, 3.63) is 59.9 Å². The molecular weight excluding hydrogens is 351 g/mol. The zero-order valence-corrected chi connectivity index (χ0v) is 14.9. The zero-order valence-electron chi connectivity index (χ0n) is 14.9. The van der Waals surface area contributed by atoms with E-state index in [2.05, 4.69) is 10.9 Å². The normalized spacial score (nSPS) is 16.6. The van der Waals surface area contributed by atoms with Crippen molar-refractivity contribution in [2.24, 2.45) is 0 Å². The van der Waals surface area contributed by atoms with Crippen molar-refractivity contribution in [1.82, 2.24) is 10.9 Å². The summed E-state index contributed by atoms with van der Waals surface area (Å²) in [5.41, 5.74) is 6.73. The lowest BCUT2D eigenvalue weighted by atomic mass is 10.2. The number of benzene rings is 2. The molecule has 1 aliphatic heterocycles. The smallest absolute Gasteiger partial charge is 0.265 e. The van der Waals surface area contributed by atoms with Gasteiger partial charge in [0.1, 0.15) is 11.9 Å². The number of rotatable bonds is 5. The summed E-state index contributed by atoms with van der Waals surface area (Å²) in [6, 6.07) is 11.1. The van der Waals surface area contributed by atoms with E-state index in [9.17, 15) is 18.8 Å². The summed E-state index contributed by atoms with van der Waals surface area (Å²) in [5.74, 6) is -1.80. The van der Waals surface area contributed by atoms with Gasteiger partial charge in [-0.1, -0.05) is 0 Å². The molecule has 2 aromatic carbocycles. The number of hydrazine groups is 1. The van der Waals surface area contributed by atoms with Crippen LogP contribution in [0, 0.1) is 5.82 Å². The van der Waals surface area contributed by atoms with Crippen LogP contribution in [-0.2, 0) is 9.59 Å². The van der Waals surface area contributed by atoms with Crippen LogP contribution in [0.15, 0.2) is 48.5 Å². The second kappa shape index (κ2) is 7.55. The Morgan fingerprint density at radius 1 is 1.07 bits per heavy atom. The minimum Gasteiger partial charge on any atom is -0.378 e. The molecule has 3 amide bonds. The topological polar surface area (TPSA) is 81.8 Å². The molecule has 0 radical (unpaired) electrons. The Labute approximate surface area is 155 Å². The summed E-state index contributed by atoms with van der Waals surface area (Å²) in [4.78, 5) is 39.7. The second-order valence-electron chi connectivity index (χ2n) is 6.34. The monoisotopic (exact) mass is 370 g/mol. The number of carbonyl (C=O) groups is 3. The van der Waals surface area contributed by atoms with Crippen molar-refractivity contribution >= 4 is 29.1 Å². The van der Waals surface area contributed by atoms with Gasteiger partial charge in [-0.25, -0.2) is 14.7 Å². The molecule has 8 heteroatoms. The summed E-state index contributed by atoms with van der Waals surface area (Å²) >= 11 is 0. The number of carbonyl (C=O) groups excluding carboxylic acids is 3. The van der Waals surface area contributed by atoms with E-state index >= 15 is 0 Å². The molecule has 7 nitrogen and oxygen atoms in total. The lowest BCUT2D eigenvalue weighted by Crippen LogP contribution is -2.48. The molecule has 0 aromatic heterocycles. The number of amides is 3. The average Bonchev–Trinajstić information content (AvgIpc) is 2.94. The third kappa shape index (κ3) is 3.95. The minimum atomic E-state index is -0.882. The van der Waals surface area contributed by atoms with E-state index in [0.29, 0.717) is 11.3 Å². The van der Waals surface area contributed by atoms with Gasteiger partial charge in [0.05, 0.1) is 12.1 Å². The van der Waals surface area contributed by atoms with E-state index < -0.39 is 29.6 Å². The Balaban J connectivity index is 1.62. The van der Waals surface area contributed by atoms with E-state index in [1.807, 2.05) is 19.0 Å². The van der Waals surface area contributed by atoms with E-state index in [0.717, 1.165) is 10.6 Å². The SMILES string of the molecule is CN(C)c1ccc(C(=O)NNC2CC(=O)N(c3ccc(F)cc3)C2=O)cc1. The molecule has 0 saturated carbocycles. The Morgan fingerprint density at radius 3 is 2.30 bits per heavy atom. The Kier molecular flexibility index (Phi) is 5.18. The van der Waals surface area contributed by atoms with Gasteiger partial charge in [0.25, 0.3) is 11.8 Å². The number of hydrogen-bond donors (Lipinski definition) is 2. The Morgan fingerprint density at radius 2 is 1.70 bits per heavy atom. The molecule has 1 unspecified atom stereocenters. The first-order valence-corrected chi connectivity index (χ1v) is 8.32. The van der Waals surface area contributed by atoms with Gasteiger partial charge < -0.3 is 4.90 Å². The molecule has 1 atom stereocenters. The molecule has 2 aromatic rings. The first kappa shape index (κ1) is 18.5. The maximum Gasteiger partial charge on any atom is 0.265 e. The highest BCUT2D eigenvalue weighted by atomic mass is 19.1. The Hall–Kier alpha value is -3.26. The van der Waals surface area contributed by atoms with Gasteiger partial charge in [0.2, 0.25) is 5.91 Å². The first-order chi connectivity index (χ1) is 12.9. The molecule has 1 saturated heterocycles. The minimum absolute atomic E-state index is 0.101. The van der Waals surface area contributed by atoms with Crippen LogP contribution in [0.5, 0.6) is 0 Å². The van der Waals surface area contributed by atoms with Crippen LogP contribution >= 0.6 is 0 Å². The molecular formula is C19H19FN4O3. The van der Waals surface area contributed by atoms with E-state index in [-0.39, 0.29) is 6.42 Å². The number of halogens is 1. The van der Waals surface area contributed by atoms with Gasteiger partial charge in [-0.05, 0) is 48.5 Å². The number of nitrogens with one attached hydrogen (secondary N) is 2. The molecule has 140 valence electrons. The van der Waals surface area contributed by atoms with Crippen LogP contribution in [-0.4, -0.2) is 37.9 Å². The molecule has 2 N–H and O–H groups in total. The largest absolute Gasteiger partial charge is 0.378 e. The van der Waals surface area contributed by atoms with Crippen molar-refractivity contribution < 1.29 is 18.8 Å². The molecule has 1 aliphatic rings. The van der Waals surface area contributed by atoms with Crippen LogP contribution in [0.4, 0.5) is 15.8 Å². The summed E-state index contributed by atoms with van der Waals surface area (Å²) in [7, 11) is 3.79. The van der Waals surface area contributed by atoms with Crippen molar-refractivity contribution in [2.75, 3.05) is 23.9 Å². The highest BCUT2D eigenvalue weighted by Crippen LogP contribution is 2.22. The third-order valence-corrected chi connectivity index (χ3v) is 4.24. The van der Waals surface area contributed by atoms with Gasteiger partial charge in [0, 0.05) is 25.3 Å². The fourth-order valence-electron chi connectivity index (χ4n) is 2.74. The second-order valence-corrected chi connectivity index (χ2v) is 6.34. The fraction of sp³-hybridized carbons (Fsp3) is 0.211. The van der Waals surface area contributed by atoms with Gasteiger partial charge in [-0.2, -0.15) is 0 Å². The molecule has 1 heterocycles. The summed E-state index contributed by atoms with van der Waals surface area (Å²) in [6.45, 7) is 0. The number of hydrogen-bond acceptors (Lipinski definition) is 5. The van der Waals surface area contributed by atoms with Gasteiger partial charge in [-0.3, -0.25) is 19.8 Å². The maximum atomic E-state index is 13.0. The Bertz CT molecular complexity index is 866. The van der Waals surface area contributed by atoms with Crippen molar-refractivity contribution in [3.8, 4) is 0 Å². The lowest BCUT2D eigenvalue weighted by Gasteiger charge is -2.16. The predicted molar refractivity (Wildman–Crippen MR) is 98.7 cm³/mol. The summed E-state index contributed by atoms with van der Waals surface area (Å²) in [5, 5.41) is 0. The first-order valence-electron chi connectivity index (χ1n) is 8.32. The van der Waals surface area contributed by atoms with Gasteiger partial charge in [0.15, 0.2) is 0 Å². The van der Waals surface area contributed by atoms with Crippen LogP contribution in [0.2, 0.25) is 0 Å². The molecule has 0 spiro atoms. The fourth-order valence-corrected chi connectivity index (χ4v) is 2.74. The van der Waals surface area contributed by atoms with Crippen LogP contribution in [0.3, 0.4) is 0 Å². The maximum absolute atomic E-state index is 13.0. The highest BCUT2D eigenvalue weighted by molar-refractivity contribution is 6.22. The van der Waals surface area contributed by atoms with E-state index in [1.54, 1.807) is 24.3 Å². The van der Waals surface area contributed by atoms with Gasteiger partial charge >= 0.3 is 0 Å². The van der Waals surface area contributed by atoms with Crippen molar-refractivity contribution in [2.45, 2.75) is 12.5 Å². The van der Waals surface area contributed by atoms with Crippen molar-refractivity contribution in [1.29, 1.82) is 0 Å². The molecule has 0 aliphatic carbocycles.